The molecule has 1 aromatic rings. The molecule has 1 aromatic carbocycles. The fourth-order valence-electron chi connectivity index (χ4n) is 2.13. The molecule has 1 radical (unpaired) electrons. The Labute approximate surface area is 115 Å². The molecule has 3 heteroatoms. The van der Waals surface area contributed by atoms with Crippen molar-refractivity contribution in [1.29, 1.82) is 0 Å². The predicted octanol–water partition coefficient (Wildman–Crippen LogP) is 4.03. The van der Waals surface area contributed by atoms with Crippen molar-refractivity contribution in [2.24, 2.45) is 0 Å². The molecule has 1 rings (SSSR count). The second kappa shape index (κ2) is 5.15. The summed E-state index contributed by atoms with van der Waals surface area (Å²) in [5.41, 5.74) is 2.75. The van der Waals surface area contributed by atoms with Crippen molar-refractivity contribution in [3.8, 4) is 5.75 Å². The Hall–Kier alpha value is -0.283. The summed E-state index contributed by atoms with van der Waals surface area (Å²) in [4.78, 5) is 0. The van der Waals surface area contributed by atoms with Gasteiger partial charge in [-0.15, -0.1) is 0 Å². The lowest BCUT2D eigenvalue weighted by molar-refractivity contribution is 0.395. The highest BCUT2D eigenvalue weighted by molar-refractivity contribution is 9.10. The van der Waals surface area contributed by atoms with E-state index in [0.717, 1.165) is 10.2 Å². The molecule has 0 aliphatic rings. The monoisotopic (exact) mass is 313 g/mol. The molecule has 0 aliphatic heterocycles. The van der Waals surface area contributed by atoms with Gasteiger partial charge in [-0.2, -0.15) is 0 Å². The van der Waals surface area contributed by atoms with Crippen LogP contribution in [0.4, 0.5) is 0 Å². The van der Waals surface area contributed by atoms with Crippen molar-refractivity contribution in [2.75, 3.05) is 7.11 Å². The zero-order valence-corrected chi connectivity index (χ0v) is 14.4. The number of methoxy groups -OCH3 is 1. The minimum Gasteiger partial charge on any atom is -0.495 e. The van der Waals surface area contributed by atoms with Gasteiger partial charge < -0.3 is 4.74 Å². The Balaban J connectivity index is 3.58. The van der Waals surface area contributed by atoms with Crippen LogP contribution in [0, 0.1) is 6.92 Å². The van der Waals surface area contributed by atoms with Crippen LogP contribution < -0.4 is 9.92 Å². The van der Waals surface area contributed by atoms with Gasteiger partial charge in [0.2, 0.25) is 0 Å². The fourth-order valence-corrected chi connectivity index (χ4v) is 5.42. The fraction of sp³-hybridized carbons (Fsp3) is 0.571. The lowest BCUT2D eigenvalue weighted by Gasteiger charge is -2.26. The van der Waals surface area contributed by atoms with Crippen LogP contribution in [0.3, 0.4) is 0 Å². The quantitative estimate of drug-likeness (QED) is 0.749. The van der Waals surface area contributed by atoms with Crippen molar-refractivity contribution < 1.29 is 4.74 Å². The van der Waals surface area contributed by atoms with Gasteiger partial charge in [0.15, 0.2) is 0 Å². The standard InChI is InChI=1S/C14H22BrOSi/c1-9-8-10(14(2,3)4)12(16-5)11(15)13(9)17(6)7/h8H,1-7H3. The lowest BCUT2D eigenvalue weighted by Crippen LogP contribution is -2.29. The molecule has 0 aliphatic carbocycles. The molecule has 17 heavy (non-hydrogen) atoms. The van der Waals surface area contributed by atoms with E-state index in [1.807, 2.05) is 0 Å². The third kappa shape index (κ3) is 2.94. The number of hydrogen-bond acceptors (Lipinski definition) is 1. The molecular weight excluding hydrogens is 292 g/mol. The van der Waals surface area contributed by atoms with Crippen LogP contribution in [0.2, 0.25) is 13.1 Å². The van der Waals surface area contributed by atoms with Crippen LogP contribution in [-0.4, -0.2) is 15.9 Å². The number of ether oxygens (including phenoxy) is 1. The highest BCUT2D eigenvalue weighted by atomic mass is 79.9. The van der Waals surface area contributed by atoms with E-state index in [4.69, 9.17) is 4.74 Å². The van der Waals surface area contributed by atoms with E-state index < -0.39 is 8.80 Å². The first-order chi connectivity index (χ1) is 7.70. The molecule has 0 unspecified atom stereocenters. The van der Waals surface area contributed by atoms with Gasteiger partial charge in [0.25, 0.3) is 0 Å². The highest BCUT2D eigenvalue weighted by Crippen LogP contribution is 2.37. The average Bonchev–Trinajstić information content (AvgIpc) is 2.14. The first-order valence-electron chi connectivity index (χ1n) is 5.88. The molecule has 0 saturated heterocycles. The van der Waals surface area contributed by atoms with Gasteiger partial charge >= 0.3 is 0 Å². The van der Waals surface area contributed by atoms with Crippen LogP contribution >= 0.6 is 15.9 Å². The smallest absolute Gasteiger partial charge is 0.136 e. The van der Waals surface area contributed by atoms with E-state index in [9.17, 15) is 0 Å². The van der Waals surface area contributed by atoms with Crippen molar-refractivity contribution in [1.82, 2.24) is 0 Å². The number of halogens is 1. The maximum absolute atomic E-state index is 5.62. The van der Waals surface area contributed by atoms with Gasteiger partial charge in [-0.3, -0.25) is 0 Å². The summed E-state index contributed by atoms with van der Waals surface area (Å²) in [5.74, 6) is 1.00. The minimum atomic E-state index is -0.493. The second-order valence-electron chi connectivity index (χ2n) is 5.71. The van der Waals surface area contributed by atoms with Crippen molar-refractivity contribution in [2.45, 2.75) is 46.2 Å². The topological polar surface area (TPSA) is 9.23 Å². The van der Waals surface area contributed by atoms with Gasteiger partial charge in [-0.05, 0) is 33.5 Å². The highest BCUT2D eigenvalue weighted by Gasteiger charge is 2.24. The van der Waals surface area contributed by atoms with E-state index in [1.54, 1.807) is 7.11 Å². The molecule has 0 saturated carbocycles. The number of benzene rings is 1. The van der Waals surface area contributed by atoms with Crippen LogP contribution in [0.1, 0.15) is 31.9 Å². The summed E-state index contributed by atoms with van der Waals surface area (Å²) in [6, 6.07) is 2.29. The normalized spacial score (nSPS) is 12.1. The Morgan fingerprint density at radius 1 is 1.24 bits per heavy atom. The number of rotatable bonds is 2. The molecule has 0 bridgehead atoms. The first-order valence-corrected chi connectivity index (χ1v) is 9.17. The molecule has 1 nitrogen and oxygen atoms in total. The van der Waals surface area contributed by atoms with Gasteiger partial charge in [-0.1, -0.05) is 45.5 Å². The maximum Gasteiger partial charge on any atom is 0.136 e. The largest absolute Gasteiger partial charge is 0.495 e. The van der Waals surface area contributed by atoms with Crippen molar-refractivity contribution in [3.05, 3.63) is 21.7 Å². The Morgan fingerprint density at radius 3 is 2.12 bits per heavy atom. The molecule has 0 N–H and O–H groups in total. The van der Waals surface area contributed by atoms with Crippen LogP contribution in [-0.2, 0) is 5.41 Å². The number of hydrogen-bond donors (Lipinski definition) is 0. The Morgan fingerprint density at radius 2 is 1.76 bits per heavy atom. The maximum atomic E-state index is 5.62. The average molecular weight is 314 g/mol. The molecule has 0 aromatic heterocycles. The Bertz CT molecular complexity index is 419. The molecule has 0 heterocycles. The predicted molar refractivity (Wildman–Crippen MR) is 81.2 cm³/mol. The molecule has 0 spiro atoms. The van der Waals surface area contributed by atoms with Crippen molar-refractivity contribution in [3.63, 3.8) is 0 Å². The van der Waals surface area contributed by atoms with Gasteiger partial charge in [0, 0.05) is 5.56 Å². The summed E-state index contributed by atoms with van der Waals surface area (Å²) in [6.45, 7) is 13.5. The zero-order chi connectivity index (χ0) is 13.4. The van der Waals surface area contributed by atoms with Crippen LogP contribution in [0.5, 0.6) is 5.75 Å². The minimum absolute atomic E-state index is 0.103. The van der Waals surface area contributed by atoms with E-state index in [-0.39, 0.29) is 5.41 Å². The molecule has 0 atom stereocenters. The van der Waals surface area contributed by atoms with E-state index in [0.29, 0.717) is 0 Å². The van der Waals surface area contributed by atoms with Gasteiger partial charge in [0.1, 0.15) is 5.75 Å². The van der Waals surface area contributed by atoms with Crippen LogP contribution in [0.15, 0.2) is 10.5 Å². The summed E-state index contributed by atoms with van der Waals surface area (Å²) >= 11 is 3.74. The summed E-state index contributed by atoms with van der Waals surface area (Å²) in [7, 11) is 1.26. The van der Waals surface area contributed by atoms with Gasteiger partial charge in [0.05, 0.1) is 20.4 Å². The third-order valence-electron chi connectivity index (χ3n) is 2.93. The number of aryl methyl sites for hydroxylation is 1. The van der Waals surface area contributed by atoms with E-state index in [1.165, 1.54) is 16.3 Å². The second-order valence-corrected chi connectivity index (χ2v) is 9.01. The molecule has 0 amide bonds. The van der Waals surface area contributed by atoms with E-state index in [2.05, 4.69) is 62.8 Å². The summed E-state index contributed by atoms with van der Waals surface area (Å²) in [6.07, 6.45) is 0. The molecular formula is C14H22BrOSi. The van der Waals surface area contributed by atoms with E-state index >= 15 is 0 Å². The van der Waals surface area contributed by atoms with Crippen LogP contribution in [0.25, 0.3) is 0 Å². The summed E-state index contributed by atoms with van der Waals surface area (Å²) < 4.78 is 6.77. The molecule has 95 valence electrons. The SMILES string of the molecule is COc1c(C(C)(C)C)cc(C)c([Si](C)C)c1Br. The van der Waals surface area contributed by atoms with Gasteiger partial charge in [-0.25, -0.2) is 0 Å². The molecule has 0 fully saturated rings. The first kappa shape index (κ1) is 14.8. The van der Waals surface area contributed by atoms with Crippen molar-refractivity contribution >= 4 is 29.9 Å². The summed E-state index contributed by atoms with van der Waals surface area (Å²) in [5, 5.41) is 1.44. The Kier molecular flexibility index (Phi) is 4.47. The lowest BCUT2D eigenvalue weighted by atomic mass is 9.85. The zero-order valence-electron chi connectivity index (χ0n) is 11.9. The third-order valence-corrected chi connectivity index (χ3v) is 5.70.